The molecule has 0 fully saturated rings. The largest absolute Gasteiger partial charge is 0.507 e. The Morgan fingerprint density at radius 2 is 1.07 bits per heavy atom. The summed E-state index contributed by atoms with van der Waals surface area (Å²) in [6.07, 6.45) is 5.60. The summed E-state index contributed by atoms with van der Waals surface area (Å²) in [7, 11) is 0. The van der Waals surface area contributed by atoms with Gasteiger partial charge in [-0.1, -0.05) is 32.1 Å². The zero-order chi connectivity index (χ0) is 39.4. The van der Waals surface area contributed by atoms with Crippen LogP contribution in [0.4, 0.5) is 0 Å². The first-order valence-electron chi connectivity index (χ1n) is 17.3. The van der Waals surface area contributed by atoms with E-state index in [2.05, 4.69) is 34.7 Å². The van der Waals surface area contributed by atoms with E-state index in [4.69, 9.17) is 18.9 Å². The maximum Gasteiger partial charge on any atom is 0.311 e. The number of phenols is 3. The Hall–Kier alpha value is -6.50. The number of esters is 2. The van der Waals surface area contributed by atoms with Crippen LogP contribution in [0.3, 0.4) is 0 Å². The summed E-state index contributed by atoms with van der Waals surface area (Å²) in [5, 5.41) is 34.8. The Kier molecular flexibility index (Phi) is 14.0. The Morgan fingerprint density at radius 1 is 0.667 bits per heavy atom. The summed E-state index contributed by atoms with van der Waals surface area (Å²) >= 11 is 0. The van der Waals surface area contributed by atoms with Crippen LogP contribution < -0.4 is 14.2 Å². The average molecular weight is 738 g/mol. The third-order valence-corrected chi connectivity index (χ3v) is 8.02. The number of benzene rings is 3. The molecule has 0 amide bonds. The molecule has 0 spiro atoms. The van der Waals surface area contributed by atoms with Crippen molar-refractivity contribution in [2.24, 2.45) is 0 Å². The number of phenolic OH excluding ortho intramolecular Hbond substituents is 3. The molecule has 1 heterocycles. The first-order valence-corrected chi connectivity index (χ1v) is 17.3. The zero-order valence-electron chi connectivity index (χ0n) is 30.5. The lowest BCUT2D eigenvalue weighted by atomic mass is 10.0. The number of nitrogens with zero attached hydrogens (tertiary/aromatic N) is 3. The summed E-state index contributed by atoms with van der Waals surface area (Å²) in [5.74, 6) is -1.52. The predicted molar refractivity (Wildman–Crippen MR) is 201 cm³/mol. The van der Waals surface area contributed by atoms with Crippen molar-refractivity contribution in [1.29, 1.82) is 0 Å². The van der Waals surface area contributed by atoms with E-state index in [0.29, 0.717) is 18.4 Å². The fourth-order valence-electron chi connectivity index (χ4n) is 5.55. The number of aromatic hydroxyl groups is 3. The van der Waals surface area contributed by atoms with Gasteiger partial charge in [0.15, 0.2) is 17.5 Å². The standard InChI is InChI=1S/C41H43N3O10/c1-7-12-25-31(51-23-45)20-17-28(36(25)48)39-42-40(29-18-21-32(26(13-8-2)37(29)49)52-24(6)53-34(46)15-10-4)44-41(43-39)30-19-22-33(54-35(47)16-11-5)27(14-9-3)38(30)50/h7-9,17-24,48-50H,1-3,10-16H2,4-6H3. The number of hydrogen-bond acceptors (Lipinski definition) is 13. The van der Waals surface area contributed by atoms with Gasteiger partial charge >= 0.3 is 11.9 Å². The number of carbonyl (C=O) groups is 3. The second kappa shape index (κ2) is 18.8. The lowest BCUT2D eigenvalue weighted by molar-refractivity contribution is -0.161. The summed E-state index contributed by atoms with van der Waals surface area (Å²) in [5.41, 5.74) is 1.14. The van der Waals surface area contributed by atoms with E-state index in [0.717, 1.165) is 0 Å². The van der Waals surface area contributed by atoms with Crippen molar-refractivity contribution in [3.05, 3.63) is 91.1 Å². The topological polar surface area (TPSA) is 187 Å². The van der Waals surface area contributed by atoms with Gasteiger partial charge in [-0.25, -0.2) is 15.0 Å². The lowest BCUT2D eigenvalue weighted by Gasteiger charge is -2.19. The molecular weight excluding hydrogens is 694 g/mol. The molecule has 0 saturated carbocycles. The van der Waals surface area contributed by atoms with Gasteiger partial charge < -0.3 is 34.3 Å². The first kappa shape index (κ1) is 40.3. The number of hydrogen-bond donors (Lipinski definition) is 3. The molecule has 13 nitrogen and oxygen atoms in total. The number of allylic oxidation sites excluding steroid dienone is 3. The molecular formula is C41H43N3O10. The van der Waals surface area contributed by atoms with Gasteiger partial charge in [-0.15, -0.1) is 19.7 Å². The lowest BCUT2D eigenvalue weighted by Crippen LogP contribution is -2.21. The molecule has 13 heteroatoms. The normalized spacial score (nSPS) is 11.2. The highest BCUT2D eigenvalue weighted by molar-refractivity contribution is 5.79. The third-order valence-electron chi connectivity index (χ3n) is 8.02. The molecule has 0 aliphatic rings. The third kappa shape index (κ3) is 9.29. The maximum atomic E-state index is 12.4. The van der Waals surface area contributed by atoms with Crippen LogP contribution in [0.5, 0.6) is 34.5 Å². The Morgan fingerprint density at radius 3 is 1.52 bits per heavy atom. The molecule has 0 aliphatic heterocycles. The van der Waals surface area contributed by atoms with E-state index in [1.54, 1.807) is 19.1 Å². The van der Waals surface area contributed by atoms with Crippen molar-refractivity contribution in [2.45, 2.75) is 72.0 Å². The summed E-state index contributed by atoms with van der Waals surface area (Å²) < 4.78 is 21.9. The van der Waals surface area contributed by atoms with Gasteiger partial charge in [0.05, 0.1) is 16.7 Å². The van der Waals surface area contributed by atoms with Gasteiger partial charge in [0.25, 0.3) is 6.47 Å². The van der Waals surface area contributed by atoms with Gasteiger partial charge in [0, 0.05) is 36.5 Å². The molecule has 3 N–H and O–H groups in total. The molecule has 4 aromatic rings. The van der Waals surface area contributed by atoms with Crippen molar-refractivity contribution in [3.63, 3.8) is 0 Å². The number of ether oxygens (including phenoxy) is 4. The summed E-state index contributed by atoms with van der Waals surface area (Å²) in [6.45, 7) is 16.8. The monoisotopic (exact) mass is 737 g/mol. The molecule has 0 saturated heterocycles. The highest BCUT2D eigenvalue weighted by atomic mass is 16.7. The predicted octanol–water partition coefficient (Wildman–Crippen LogP) is 7.48. The van der Waals surface area contributed by atoms with Gasteiger partial charge in [0.2, 0.25) is 6.29 Å². The van der Waals surface area contributed by atoms with E-state index in [9.17, 15) is 29.7 Å². The highest BCUT2D eigenvalue weighted by Gasteiger charge is 2.25. The van der Waals surface area contributed by atoms with Crippen LogP contribution in [0.15, 0.2) is 74.4 Å². The number of carbonyl (C=O) groups excluding carboxylic acids is 3. The van der Waals surface area contributed by atoms with Crippen LogP contribution in [-0.2, 0) is 38.4 Å². The minimum atomic E-state index is -0.968. The van der Waals surface area contributed by atoms with E-state index in [1.165, 1.54) is 42.5 Å². The molecule has 282 valence electrons. The van der Waals surface area contributed by atoms with Crippen molar-refractivity contribution in [2.75, 3.05) is 0 Å². The van der Waals surface area contributed by atoms with E-state index < -0.39 is 18.2 Å². The van der Waals surface area contributed by atoms with Crippen LogP contribution in [0, 0.1) is 0 Å². The zero-order valence-corrected chi connectivity index (χ0v) is 30.5. The maximum absolute atomic E-state index is 12.4. The molecule has 0 bridgehead atoms. The minimum Gasteiger partial charge on any atom is -0.507 e. The van der Waals surface area contributed by atoms with Gasteiger partial charge in [-0.3, -0.25) is 14.4 Å². The van der Waals surface area contributed by atoms with Gasteiger partial charge in [-0.2, -0.15) is 0 Å². The van der Waals surface area contributed by atoms with Crippen LogP contribution in [0.1, 0.15) is 63.1 Å². The molecule has 0 aliphatic carbocycles. The van der Waals surface area contributed by atoms with Crippen molar-refractivity contribution < 1.29 is 48.7 Å². The molecule has 0 radical (unpaired) electrons. The van der Waals surface area contributed by atoms with E-state index >= 15 is 0 Å². The fourth-order valence-corrected chi connectivity index (χ4v) is 5.55. The molecule has 54 heavy (non-hydrogen) atoms. The van der Waals surface area contributed by atoms with Crippen LogP contribution in [0.2, 0.25) is 0 Å². The van der Waals surface area contributed by atoms with Gasteiger partial charge in [-0.05, 0) is 68.5 Å². The molecule has 1 aromatic heterocycles. The highest BCUT2D eigenvalue weighted by Crippen LogP contribution is 2.43. The molecule has 1 atom stereocenters. The first-order chi connectivity index (χ1) is 26.0. The molecule has 1 unspecified atom stereocenters. The molecule has 3 aromatic carbocycles. The fraction of sp³-hybridized carbons (Fsp3) is 0.268. The van der Waals surface area contributed by atoms with Crippen molar-refractivity contribution in [3.8, 4) is 68.7 Å². The second-order valence-corrected chi connectivity index (χ2v) is 12.0. The summed E-state index contributed by atoms with van der Waals surface area (Å²) in [6, 6.07) is 8.96. The Bertz CT molecular complexity index is 2060. The number of aromatic nitrogens is 3. The quantitative estimate of drug-likeness (QED) is 0.0283. The van der Waals surface area contributed by atoms with E-state index in [-0.39, 0.29) is 118 Å². The van der Waals surface area contributed by atoms with Crippen LogP contribution in [-0.4, -0.2) is 55.0 Å². The Labute approximate surface area is 313 Å². The minimum absolute atomic E-state index is 0.0622. The van der Waals surface area contributed by atoms with Crippen molar-refractivity contribution >= 4 is 18.4 Å². The van der Waals surface area contributed by atoms with Crippen LogP contribution in [0.25, 0.3) is 34.2 Å². The average Bonchev–Trinajstić information content (AvgIpc) is 3.13. The molecule has 4 rings (SSSR count). The SMILES string of the molecule is C=CCc1c(OC=O)ccc(-c2nc(-c3ccc(OC(=O)CCC)c(CC=C)c3O)nc(-c3ccc(OC(C)OC(=O)CCC)c(CC=C)c3O)n2)c1O. The van der Waals surface area contributed by atoms with E-state index in [1.807, 2.05) is 13.8 Å². The van der Waals surface area contributed by atoms with Gasteiger partial charge in [0.1, 0.15) is 34.5 Å². The number of rotatable bonds is 19. The summed E-state index contributed by atoms with van der Waals surface area (Å²) in [4.78, 5) is 49.6. The van der Waals surface area contributed by atoms with Crippen molar-refractivity contribution in [1.82, 2.24) is 15.0 Å². The second-order valence-electron chi connectivity index (χ2n) is 12.0. The van der Waals surface area contributed by atoms with Crippen LogP contribution >= 0.6 is 0 Å². The smallest absolute Gasteiger partial charge is 0.311 e. The Balaban J connectivity index is 1.98.